The average Bonchev–Trinajstić information content (AvgIpc) is 2.75. The van der Waals surface area contributed by atoms with Gasteiger partial charge in [-0.05, 0) is 25.9 Å². The minimum atomic E-state index is -0.0771. The van der Waals surface area contributed by atoms with Gasteiger partial charge in [0.25, 0.3) is 0 Å². The lowest BCUT2D eigenvalue weighted by Crippen LogP contribution is -2.36. The van der Waals surface area contributed by atoms with Crippen LogP contribution >= 0.6 is 23.7 Å². The van der Waals surface area contributed by atoms with Gasteiger partial charge >= 0.3 is 5.97 Å². The lowest BCUT2D eigenvalue weighted by Gasteiger charge is -2.29. The van der Waals surface area contributed by atoms with Crippen LogP contribution in [0.3, 0.4) is 0 Å². The smallest absolute Gasteiger partial charge is 0.308 e. The van der Waals surface area contributed by atoms with Crippen LogP contribution in [0.5, 0.6) is 0 Å². The molecule has 0 aromatic carbocycles. The number of thiazole rings is 1. The summed E-state index contributed by atoms with van der Waals surface area (Å²) in [6.07, 6.45) is 3.58. The summed E-state index contributed by atoms with van der Waals surface area (Å²) in [7, 11) is 1.45. The second-order valence-corrected chi connectivity index (χ2v) is 5.39. The van der Waals surface area contributed by atoms with Crippen LogP contribution < -0.4 is 5.73 Å². The van der Waals surface area contributed by atoms with Crippen LogP contribution in [-0.4, -0.2) is 36.1 Å². The molecule has 5 nitrogen and oxygen atoms in total. The van der Waals surface area contributed by atoms with E-state index in [9.17, 15) is 4.79 Å². The van der Waals surface area contributed by atoms with E-state index in [1.807, 2.05) is 6.20 Å². The molecule has 0 saturated carbocycles. The number of hydrogen-bond acceptors (Lipinski definition) is 6. The van der Waals surface area contributed by atoms with Gasteiger partial charge in [-0.15, -0.1) is 23.7 Å². The van der Waals surface area contributed by atoms with E-state index in [2.05, 4.69) is 9.88 Å². The number of carbonyl (C=O) groups is 1. The number of likely N-dealkylation sites (tertiary alicyclic amines) is 1. The fraction of sp³-hybridized carbons (Fsp3) is 0.636. The third-order valence-corrected chi connectivity index (χ3v) is 3.88. The highest BCUT2D eigenvalue weighted by Crippen LogP contribution is 2.22. The molecule has 0 atom stereocenters. The summed E-state index contributed by atoms with van der Waals surface area (Å²) in [4.78, 5) is 18.9. The number of piperidine rings is 1. The Balaban J connectivity index is 0.00000162. The number of nitrogens with zero attached hydrogens (tertiary/aromatic N) is 2. The minimum Gasteiger partial charge on any atom is -0.469 e. The monoisotopic (exact) mass is 291 g/mol. The quantitative estimate of drug-likeness (QED) is 0.856. The van der Waals surface area contributed by atoms with Crippen molar-refractivity contribution in [3.05, 3.63) is 11.1 Å². The first-order valence-corrected chi connectivity index (χ1v) is 6.51. The van der Waals surface area contributed by atoms with E-state index in [1.54, 1.807) is 0 Å². The molecule has 1 aromatic rings. The number of anilines is 1. The first kappa shape index (κ1) is 15.2. The zero-order valence-electron chi connectivity index (χ0n) is 10.3. The summed E-state index contributed by atoms with van der Waals surface area (Å²) in [6.45, 7) is 2.73. The number of ether oxygens (including phenoxy) is 1. The molecule has 0 amide bonds. The molecule has 102 valence electrons. The zero-order valence-corrected chi connectivity index (χ0v) is 11.9. The molecule has 2 N–H and O–H groups in total. The van der Waals surface area contributed by atoms with Crippen LogP contribution in [0.4, 0.5) is 5.13 Å². The van der Waals surface area contributed by atoms with Crippen LogP contribution in [0.2, 0.25) is 0 Å². The third-order valence-electron chi connectivity index (χ3n) is 3.07. The van der Waals surface area contributed by atoms with E-state index in [-0.39, 0.29) is 24.3 Å². The van der Waals surface area contributed by atoms with Crippen LogP contribution in [0, 0.1) is 5.92 Å². The first-order chi connectivity index (χ1) is 8.19. The Bertz CT molecular complexity index is 391. The Morgan fingerprint density at radius 1 is 1.61 bits per heavy atom. The van der Waals surface area contributed by atoms with Crippen LogP contribution in [-0.2, 0) is 16.1 Å². The highest BCUT2D eigenvalue weighted by atomic mass is 35.5. The van der Waals surface area contributed by atoms with E-state index in [1.165, 1.54) is 23.3 Å². The highest BCUT2D eigenvalue weighted by molar-refractivity contribution is 7.15. The molecule has 2 rings (SSSR count). The van der Waals surface area contributed by atoms with Crippen molar-refractivity contribution in [2.45, 2.75) is 19.4 Å². The number of aromatic nitrogens is 1. The molecular formula is C11H18ClN3O2S. The summed E-state index contributed by atoms with van der Waals surface area (Å²) in [5.74, 6) is -0.00513. The maximum absolute atomic E-state index is 11.4. The van der Waals surface area contributed by atoms with Crippen molar-refractivity contribution in [2.75, 3.05) is 25.9 Å². The molecular weight excluding hydrogens is 274 g/mol. The van der Waals surface area contributed by atoms with Crippen molar-refractivity contribution in [3.8, 4) is 0 Å². The zero-order chi connectivity index (χ0) is 12.3. The average molecular weight is 292 g/mol. The number of halogens is 1. The van der Waals surface area contributed by atoms with E-state index in [0.717, 1.165) is 32.5 Å². The van der Waals surface area contributed by atoms with Gasteiger partial charge < -0.3 is 10.5 Å². The van der Waals surface area contributed by atoms with Gasteiger partial charge in [0.2, 0.25) is 0 Å². The molecule has 7 heteroatoms. The molecule has 18 heavy (non-hydrogen) atoms. The second-order valence-electron chi connectivity index (χ2n) is 4.24. The van der Waals surface area contributed by atoms with E-state index >= 15 is 0 Å². The van der Waals surface area contributed by atoms with Crippen molar-refractivity contribution in [2.24, 2.45) is 5.92 Å². The number of rotatable bonds is 3. The summed E-state index contributed by atoms with van der Waals surface area (Å²) < 4.78 is 4.76. The third kappa shape index (κ3) is 3.83. The van der Waals surface area contributed by atoms with Gasteiger partial charge in [0.1, 0.15) is 0 Å². The number of hydrogen-bond donors (Lipinski definition) is 1. The molecule has 1 aliphatic rings. The molecule has 0 aliphatic carbocycles. The van der Waals surface area contributed by atoms with Crippen molar-refractivity contribution < 1.29 is 9.53 Å². The van der Waals surface area contributed by atoms with E-state index in [4.69, 9.17) is 10.5 Å². The first-order valence-electron chi connectivity index (χ1n) is 5.69. The number of methoxy groups -OCH3 is 1. The maximum atomic E-state index is 11.4. The summed E-state index contributed by atoms with van der Waals surface area (Å²) >= 11 is 1.53. The topological polar surface area (TPSA) is 68.5 Å². The van der Waals surface area contributed by atoms with Gasteiger partial charge in [-0.25, -0.2) is 4.98 Å². The second kappa shape index (κ2) is 6.92. The van der Waals surface area contributed by atoms with Crippen LogP contribution in [0.1, 0.15) is 17.7 Å². The lowest BCUT2D eigenvalue weighted by molar-refractivity contribution is -0.147. The molecule has 0 spiro atoms. The normalized spacial score (nSPS) is 17.2. The molecule has 0 bridgehead atoms. The van der Waals surface area contributed by atoms with Crippen LogP contribution in [0.15, 0.2) is 6.20 Å². The number of carbonyl (C=O) groups excluding carboxylic acids is 1. The van der Waals surface area contributed by atoms with Crippen molar-refractivity contribution in [1.82, 2.24) is 9.88 Å². The number of esters is 1. The summed E-state index contributed by atoms with van der Waals surface area (Å²) in [6, 6.07) is 0. The van der Waals surface area contributed by atoms with Gasteiger partial charge in [-0.1, -0.05) is 0 Å². The predicted octanol–water partition coefficient (Wildman–Crippen LogP) is 1.53. The highest BCUT2D eigenvalue weighted by Gasteiger charge is 2.25. The van der Waals surface area contributed by atoms with Gasteiger partial charge in [0.05, 0.1) is 13.0 Å². The largest absolute Gasteiger partial charge is 0.469 e. The Morgan fingerprint density at radius 3 is 2.78 bits per heavy atom. The van der Waals surface area contributed by atoms with Crippen molar-refractivity contribution >= 4 is 34.8 Å². The summed E-state index contributed by atoms with van der Waals surface area (Å²) in [5, 5.41) is 0.615. The predicted molar refractivity (Wildman–Crippen MR) is 73.8 cm³/mol. The molecule has 0 unspecified atom stereocenters. The van der Waals surface area contributed by atoms with E-state index < -0.39 is 0 Å². The lowest BCUT2D eigenvalue weighted by atomic mass is 9.97. The Labute approximate surface area is 117 Å². The maximum Gasteiger partial charge on any atom is 0.308 e. The molecule has 2 heterocycles. The van der Waals surface area contributed by atoms with Crippen molar-refractivity contribution in [3.63, 3.8) is 0 Å². The fourth-order valence-electron chi connectivity index (χ4n) is 2.11. The van der Waals surface area contributed by atoms with Crippen molar-refractivity contribution in [1.29, 1.82) is 0 Å². The van der Waals surface area contributed by atoms with Gasteiger partial charge in [0.15, 0.2) is 5.13 Å². The molecule has 0 radical (unpaired) electrons. The summed E-state index contributed by atoms with van der Waals surface area (Å²) in [5.41, 5.74) is 5.59. The minimum absolute atomic E-state index is 0. The Hall–Kier alpha value is -0.850. The standard InChI is InChI=1S/C11H17N3O2S.ClH/c1-16-10(15)8-2-4-14(5-3-8)7-9-6-13-11(12)17-9;/h6,8H,2-5,7H2,1H3,(H2,12,13);1H. The van der Waals surface area contributed by atoms with Gasteiger partial charge in [0, 0.05) is 17.6 Å². The number of nitrogens with two attached hydrogens (primary N) is 1. The molecule has 1 saturated heterocycles. The fourth-order valence-corrected chi connectivity index (χ4v) is 2.84. The molecule has 1 aliphatic heterocycles. The molecule has 1 aromatic heterocycles. The van der Waals surface area contributed by atoms with Gasteiger partial charge in [-0.3, -0.25) is 9.69 Å². The molecule has 1 fully saturated rings. The number of nitrogen functional groups attached to an aromatic ring is 1. The van der Waals surface area contributed by atoms with Gasteiger partial charge in [-0.2, -0.15) is 0 Å². The Kier molecular flexibility index (Phi) is 5.84. The SMILES string of the molecule is COC(=O)C1CCN(Cc2cnc(N)s2)CC1.Cl. The van der Waals surface area contributed by atoms with E-state index in [0.29, 0.717) is 5.13 Å². The van der Waals surface area contributed by atoms with Crippen LogP contribution in [0.25, 0.3) is 0 Å². The Morgan fingerprint density at radius 2 is 2.28 bits per heavy atom.